The minimum absolute atomic E-state index is 0.00179. The zero-order valence-electron chi connectivity index (χ0n) is 10.2. The van der Waals surface area contributed by atoms with Crippen molar-refractivity contribution in [3.05, 3.63) is 11.5 Å². The van der Waals surface area contributed by atoms with Crippen molar-refractivity contribution in [1.82, 2.24) is 0 Å². The second-order valence-corrected chi connectivity index (χ2v) is 3.81. The number of carbonyl (C=O) groups is 1. The molecule has 0 aromatic carbocycles. The standard InChI is InChI=1S/C11H19BO4/c1-4-16-11(13)9-5-7-10(8-6-9)12(14-2)15-3/h7,9H,4-6,8H2,1-3H3. The molecule has 0 bridgehead atoms. The predicted octanol–water partition coefficient (Wildman–Crippen LogP) is 1.60. The highest BCUT2D eigenvalue weighted by atomic mass is 16.6. The topological polar surface area (TPSA) is 44.8 Å². The summed E-state index contributed by atoms with van der Waals surface area (Å²) in [6.45, 7) is 2.28. The summed E-state index contributed by atoms with van der Waals surface area (Å²) in [5.41, 5.74) is 1.12. The number of hydrogen-bond acceptors (Lipinski definition) is 4. The second kappa shape index (κ2) is 6.71. The van der Waals surface area contributed by atoms with E-state index in [1.54, 1.807) is 14.2 Å². The molecule has 1 rings (SSSR count). The summed E-state index contributed by atoms with van der Waals surface area (Å²) in [6, 6.07) is 0. The van der Waals surface area contributed by atoms with Crippen LogP contribution in [0.3, 0.4) is 0 Å². The first kappa shape index (κ1) is 13.3. The Labute approximate surface area is 97.1 Å². The Morgan fingerprint density at radius 2 is 2.19 bits per heavy atom. The number of allylic oxidation sites excluding steroid dienone is 2. The van der Waals surface area contributed by atoms with Crippen molar-refractivity contribution < 1.29 is 18.8 Å². The molecule has 0 saturated heterocycles. The molecular formula is C11H19BO4. The molecule has 0 radical (unpaired) electrons. The molecule has 0 aromatic rings. The Morgan fingerprint density at radius 1 is 1.50 bits per heavy atom. The van der Waals surface area contributed by atoms with Crippen LogP contribution in [0.5, 0.6) is 0 Å². The van der Waals surface area contributed by atoms with E-state index in [1.807, 2.05) is 13.0 Å². The fourth-order valence-electron chi connectivity index (χ4n) is 1.94. The maximum Gasteiger partial charge on any atom is 0.488 e. The monoisotopic (exact) mass is 226 g/mol. The van der Waals surface area contributed by atoms with Crippen LogP contribution in [-0.2, 0) is 18.8 Å². The van der Waals surface area contributed by atoms with Crippen molar-refractivity contribution in [2.24, 2.45) is 5.92 Å². The van der Waals surface area contributed by atoms with Gasteiger partial charge in [0.2, 0.25) is 0 Å². The van der Waals surface area contributed by atoms with Gasteiger partial charge in [-0.15, -0.1) is 0 Å². The average molecular weight is 226 g/mol. The highest BCUT2D eigenvalue weighted by molar-refractivity contribution is 6.53. The maximum absolute atomic E-state index is 11.5. The lowest BCUT2D eigenvalue weighted by Gasteiger charge is -2.22. The van der Waals surface area contributed by atoms with Gasteiger partial charge in [-0.3, -0.25) is 4.79 Å². The summed E-state index contributed by atoms with van der Waals surface area (Å²) >= 11 is 0. The molecule has 0 heterocycles. The normalized spacial score (nSPS) is 20.2. The zero-order chi connectivity index (χ0) is 12.0. The first-order chi connectivity index (χ1) is 7.72. The molecule has 0 N–H and O–H groups in total. The van der Waals surface area contributed by atoms with E-state index in [2.05, 4.69) is 0 Å². The molecule has 0 aromatic heterocycles. The Morgan fingerprint density at radius 3 is 2.62 bits per heavy atom. The van der Waals surface area contributed by atoms with E-state index >= 15 is 0 Å². The van der Waals surface area contributed by atoms with E-state index < -0.39 is 0 Å². The molecule has 1 unspecified atom stereocenters. The number of carbonyl (C=O) groups excluding carboxylic acids is 1. The SMILES string of the molecule is CCOC(=O)C1CC=C(B(OC)OC)CC1. The quantitative estimate of drug-likeness (QED) is 0.527. The molecule has 90 valence electrons. The van der Waals surface area contributed by atoms with Crippen molar-refractivity contribution in [3.63, 3.8) is 0 Å². The first-order valence-electron chi connectivity index (χ1n) is 5.64. The highest BCUT2D eigenvalue weighted by Crippen LogP contribution is 2.26. The Hall–Kier alpha value is -0.805. The summed E-state index contributed by atoms with van der Waals surface area (Å²) in [5.74, 6) is -0.0951. The summed E-state index contributed by atoms with van der Waals surface area (Å²) in [7, 11) is 2.96. The van der Waals surface area contributed by atoms with E-state index in [-0.39, 0.29) is 19.0 Å². The van der Waals surface area contributed by atoms with Crippen LogP contribution in [0.2, 0.25) is 0 Å². The van der Waals surface area contributed by atoms with E-state index in [0.29, 0.717) is 6.61 Å². The molecule has 16 heavy (non-hydrogen) atoms. The second-order valence-electron chi connectivity index (χ2n) is 3.81. The third-order valence-corrected chi connectivity index (χ3v) is 2.80. The van der Waals surface area contributed by atoms with Crippen LogP contribution in [-0.4, -0.2) is 33.9 Å². The molecular weight excluding hydrogens is 207 g/mol. The highest BCUT2D eigenvalue weighted by Gasteiger charge is 2.28. The van der Waals surface area contributed by atoms with Gasteiger partial charge < -0.3 is 14.0 Å². The van der Waals surface area contributed by atoms with Gasteiger partial charge >= 0.3 is 13.1 Å². The molecule has 1 atom stereocenters. The molecule has 1 aliphatic rings. The molecule has 1 aliphatic carbocycles. The fraction of sp³-hybridized carbons (Fsp3) is 0.727. The van der Waals surface area contributed by atoms with Crippen LogP contribution < -0.4 is 0 Å². The minimum atomic E-state index is -0.275. The van der Waals surface area contributed by atoms with Crippen LogP contribution >= 0.6 is 0 Å². The third-order valence-electron chi connectivity index (χ3n) is 2.80. The summed E-state index contributed by atoms with van der Waals surface area (Å²) < 4.78 is 15.3. The van der Waals surface area contributed by atoms with Crippen LogP contribution in [0.1, 0.15) is 26.2 Å². The smallest absolute Gasteiger partial charge is 0.466 e. The number of ether oxygens (including phenoxy) is 1. The van der Waals surface area contributed by atoms with E-state index in [4.69, 9.17) is 14.0 Å². The van der Waals surface area contributed by atoms with Crippen molar-refractivity contribution in [2.75, 3.05) is 20.8 Å². The van der Waals surface area contributed by atoms with Crippen molar-refractivity contribution in [2.45, 2.75) is 26.2 Å². The molecule has 5 heteroatoms. The van der Waals surface area contributed by atoms with Gasteiger partial charge in [-0.05, 0) is 31.7 Å². The average Bonchev–Trinajstić information content (AvgIpc) is 2.32. The zero-order valence-corrected chi connectivity index (χ0v) is 10.2. The number of hydrogen-bond donors (Lipinski definition) is 0. The van der Waals surface area contributed by atoms with Gasteiger partial charge in [0.1, 0.15) is 0 Å². The number of rotatable bonds is 5. The molecule has 0 aliphatic heterocycles. The summed E-state index contributed by atoms with van der Waals surface area (Å²) in [4.78, 5) is 11.5. The lowest BCUT2D eigenvalue weighted by atomic mass is 9.70. The van der Waals surface area contributed by atoms with Gasteiger partial charge in [0.15, 0.2) is 0 Å². The van der Waals surface area contributed by atoms with E-state index in [1.165, 1.54) is 0 Å². The summed E-state index contributed by atoms with van der Waals surface area (Å²) in [5, 5.41) is 0. The molecule has 4 nitrogen and oxygen atoms in total. The maximum atomic E-state index is 11.5. The van der Waals surface area contributed by atoms with E-state index in [0.717, 1.165) is 24.7 Å². The molecule has 0 fully saturated rings. The van der Waals surface area contributed by atoms with Gasteiger partial charge in [0, 0.05) is 14.2 Å². The molecule has 0 amide bonds. The Balaban J connectivity index is 2.50. The third kappa shape index (κ3) is 3.35. The van der Waals surface area contributed by atoms with Crippen LogP contribution in [0, 0.1) is 5.92 Å². The Kier molecular flexibility index (Phi) is 5.56. The van der Waals surface area contributed by atoms with Gasteiger partial charge in [0.25, 0.3) is 0 Å². The van der Waals surface area contributed by atoms with Gasteiger partial charge in [-0.25, -0.2) is 0 Å². The molecule has 0 spiro atoms. The molecule has 0 saturated carbocycles. The summed E-state index contributed by atoms with van der Waals surface area (Å²) in [6.07, 6.45) is 4.39. The van der Waals surface area contributed by atoms with E-state index in [9.17, 15) is 4.79 Å². The minimum Gasteiger partial charge on any atom is -0.466 e. The van der Waals surface area contributed by atoms with Crippen LogP contribution in [0.4, 0.5) is 0 Å². The lowest BCUT2D eigenvalue weighted by Crippen LogP contribution is -2.27. The number of esters is 1. The largest absolute Gasteiger partial charge is 0.488 e. The van der Waals surface area contributed by atoms with Gasteiger partial charge in [-0.1, -0.05) is 6.08 Å². The van der Waals surface area contributed by atoms with Gasteiger partial charge in [-0.2, -0.15) is 0 Å². The van der Waals surface area contributed by atoms with Crippen LogP contribution in [0.25, 0.3) is 0 Å². The van der Waals surface area contributed by atoms with Crippen molar-refractivity contribution in [1.29, 1.82) is 0 Å². The first-order valence-corrected chi connectivity index (χ1v) is 5.64. The lowest BCUT2D eigenvalue weighted by molar-refractivity contribution is -0.148. The van der Waals surface area contributed by atoms with Crippen molar-refractivity contribution in [3.8, 4) is 0 Å². The van der Waals surface area contributed by atoms with Gasteiger partial charge in [0.05, 0.1) is 12.5 Å². The predicted molar refractivity (Wildman–Crippen MR) is 61.8 cm³/mol. The fourth-order valence-corrected chi connectivity index (χ4v) is 1.94. The van der Waals surface area contributed by atoms with Crippen molar-refractivity contribution >= 4 is 13.1 Å². The van der Waals surface area contributed by atoms with Crippen LogP contribution in [0.15, 0.2) is 11.5 Å². The Bertz CT molecular complexity index is 261.